The SMILES string of the molecule is CCON(C(C)=O)N1CCNCC1. The normalized spacial score (nSPS) is 18.6. The van der Waals surface area contributed by atoms with Crippen molar-refractivity contribution >= 4 is 5.91 Å². The van der Waals surface area contributed by atoms with Gasteiger partial charge in [0.05, 0.1) is 6.61 Å². The molecule has 1 N–H and O–H groups in total. The molecule has 0 aliphatic carbocycles. The van der Waals surface area contributed by atoms with Gasteiger partial charge in [0, 0.05) is 33.1 Å². The lowest BCUT2D eigenvalue weighted by Gasteiger charge is -2.35. The van der Waals surface area contributed by atoms with E-state index in [1.165, 1.54) is 12.1 Å². The number of hydrogen-bond acceptors (Lipinski definition) is 4. The minimum Gasteiger partial charge on any atom is -0.314 e. The van der Waals surface area contributed by atoms with Gasteiger partial charge in [0.15, 0.2) is 0 Å². The summed E-state index contributed by atoms with van der Waals surface area (Å²) in [4.78, 5) is 16.4. The lowest BCUT2D eigenvalue weighted by Crippen LogP contribution is -2.53. The van der Waals surface area contributed by atoms with Crippen LogP contribution in [0.2, 0.25) is 0 Å². The highest BCUT2D eigenvalue weighted by atomic mass is 16.7. The first-order chi connectivity index (χ1) is 6.25. The fourth-order valence-electron chi connectivity index (χ4n) is 1.33. The molecule has 0 unspecified atom stereocenters. The fourth-order valence-corrected chi connectivity index (χ4v) is 1.33. The molecule has 5 nitrogen and oxygen atoms in total. The van der Waals surface area contributed by atoms with Crippen LogP contribution in [-0.2, 0) is 9.63 Å². The molecular weight excluding hydrogens is 170 g/mol. The van der Waals surface area contributed by atoms with Gasteiger partial charge >= 0.3 is 0 Å². The van der Waals surface area contributed by atoms with Crippen molar-refractivity contribution in [3.63, 3.8) is 0 Å². The number of hydrogen-bond donors (Lipinski definition) is 1. The Bertz CT molecular complexity index is 169. The van der Waals surface area contributed by atoms with Crippen LogP contribution in [0.4, 0.5) is 0 Å². The molecule has 1 amide bonds. The first kappa shape index (κ1) is 10.4. The van der Waals surface area contributed by atoms with Crippen LogP contribution in [-0.4, -0.2) is 48.9 Å². The zero-order valence-corrected chi connectivity index (χ0v) is 8.25. The number of nitrogens with one attached hydrogen (secondary N) is 1. The van der Waals surface area contributed by atoms with Gasteiger partial charge in [-0.25, -0.2) is 0 Å². The van der Waals surface area contributed by atoms with Crippen molar-refractivity contribution in [2.75, 3.05) is 32.8 Å². The summed E-state index contributed by atoms with van der Waals surface area (Å²) in [5, 5.41) is 6.50. The van der Waals surface area contributed by atoms with Gasteiger partial charge < -0.3 is 5.32 Å². The molecule has 1 fully saturated rings. The zero-order valence-electron chi connectivity index (χ0n) is 8.25. The Hall–Kier alpha value is -0.650. The topological polar surface area (TPSA) is 44.8 Å². The Morgan fingerprint density at radius 1 is 1.54 bits per heavy atom. The average Bonchev–Trinajstić information content (AvgIpc) is 2.15. The van der Waals surface area contributed by atoms with Gasteiger partial charge in [-0.3, -0.25) is 9.63 Å². The first-order valence-corrected chi connectivity index (χ1v) is 4.65. The van der Waals surface area contributed by atoms with Crippen LogP contribution < -0.4 is 5.32 Å². The van der Waals surface area contributed by atoms with E-state index in [1.807, 2.05) is 11.9 Å². The number of piperazine rings is 1. The van der Waals surface area contributed by atoms with Crippen molar-refractivity contribution in [3.05, 3.63) is 0 Å². The summed E-state index contributed by atoms with van der Waals surface area (Å²) >= 11 is 0. The van der Waals surface area contributed by atoms with E-state index in [-0.39, 0.29) is 5.91 Å². The third-order valence-corrected chi connectivity index (χ3v) is 1.87. The molecule has 5 heteroatoms. The van der Waals surface area contributed by atoms with Gasteiger partial charge in [0.25, 0.3) is 5.91 Å². The van der Waals surface area contributed by atoms with Crippen LogP contribution in [0, 0.1) is 0 Å². The van der Waals surface area contributed by atoms with E-state index >= 15 is 0 Å². The van der Waals surface area contributed by atoms with E-state index in [0.29, 0.717) is 6.61 Å². The monoisotopic (exact) mass is 187 g/mol. The first-order valence-electron chi connectivity index (χ1n) is 4.65. The highest BCUT2D eigenvalue weighted by molar-refractivity contribution is 5.71. The maximum atomic E-state index is 11.2. The number of hydrazine groups is 1. The minimum atomic E-state index is -0.0660. The van der Waals surface area contributed by atoms with Crippen molar-refractivity contribution in [2.45, 2.75) is 13.8 Å². The van der Waals surface area contributed by atoms with E-state index in [9.17, 15) is 4.79 Å². The Labute approximate surface area is 78.6 Å². The van der Waals surface area contributed by atoms with E-state index in [0.717, 1.165) is 26.2 Å². The van der Waals surface area contributed by atoms with Crippen LogP contribution >= 0.6 is 0 Å². The smallest absolute Gasteiger partial charge is 0.258 e. The molecule has 0 saturated carbocycles. The molecule has 1 heterocycles. The van der Waals surface area contributed by atoms with Crippen molar-refractivity contribution in [1.82, 2.24) is 15.5 Å². The molecule has 0 spiro atoms. The highest BCUT2D eigenvalue weighted by Gasteiger charge is 2.20. The molecule has 0 atom stereocenters. The predicted octanol–water partition coefficient (Wildman–Crippen LogP) is -0.393. The van der Waals surface area contributed by atoms with E-state index in [2.05, 4.69) is 5.32 Å². The lowest BCUT2D eigenvalue weighted by molar-refractivity contribution is -0.267. The second-order valence-corrected chi connectivity index (χ2v) is 2.91. The second-order valence-electron chi connectivity index (χ2n) is 2.91. The summed E-state index contributed by atoms with van der Waals surface area (Å²) < 4.78 is 0. The maximum Gasteiger partial charge on any atom is 0.258 e. The summed E-state index contributed by atoms with van der Waals surface area (Å²) in [5.41, 5.74) is 0. The van der Waals surface area contributed by atoms with Gasteiger partial charge in [0.1, 0.15) is 0 Å². The molecular formula is C8H17N3O2. The lowest BCUT2D eigenvalue weighted by atomic mass is 10.4. The van der Waals surface area contributed by atoms with E-state index in [4.69, 9.17) is 4.84 Å². The van der Waals surface area contributed by atoms with Gasteiger partial charge in [-0.1, -0.05) is 0 Å². The van der Waals surface area contributed by atoms with Crippen molar-refractivity contribution in [2.24, 2.45) is 0 Å². The molecule has 0 radical (unpaired) electrons. The number of carbonyl (C=O) groups excluding carboxylic acids is 1. The molecule has 1 rings (SSSR count). The largest absolute Gasteiger partial charge is 0.314 e. The molecule has 0 aromatic carbocycles. The third-order valence-electron chi connectivity index (χ3n) is 1.87. The molecule has 0 aromatic rings. The quantitative estimate of drug-likeness (QED) is 0.611. The Balaban J connectivity index is 2.46. The molecule has 1 aliphatic heterocycles. The molecule has 1 saturated heterocycles. The van der Waals surface area contributed by atoms with E-state index < -0.39 is 0 Å². The summed E-state index contributed by atoms with van der Waals surface area (Å²) in [5.74, 6) is -0.0660. The van der Waals surface area contributed by atoms with Crippen LogP contribution in [0.5, 0.6) is 0 Å². The van der Waals surface area contributed by atoms with Crippen molar-refractivity contribution in [3.8, 4) is 0 Å². The molecule has 1 aliphatic rings. The van der Waals surface area contributed by atoms with E-state index in [1.54, 1.807) is 0 Å². The van der Waals surface area contributed by atoms with Gasteiger partial charge in [-0.15, -0.1) is 5.17 Å². The number of nitrogens with zero attached hydrogens (tertiary/aromatic N) is 2. The molecule has 0 bridgehead atoms. The van der Waals surface area contributed by atoms with Crippen molar-refractivity contribution < 1.29 is 9.63 Å². The summed E-state index contributed by atoms with van der Waals surface area (Å²) in [6, 6.07) is 0. The van der Waals surface area contributed by atoms with Crippen molar-refractivity contribution in [1.29, 1.82) is 0 Å². The summed E-state index contributed by atoms with van der Waals surface area (Å²) in [6.45, 7) is 7.34. The van der Waals surface area contributed by atoms with Crippen LogP contribution in [0.1, 0.15) is 13.8 Å². The predicted molar refractivity (Wildman–Crippen MR) is 48.6 cm³/mol. The highest BCUT2D eigenvalue weighted by Crippen LogP contribution is 2.01. The number of amides is 1. The van der Waals surface area contributed by atoms with Gasteiger partial charge in [-0.2, -0.15) is 5.01 Å². The standard InChI is InChI=1S/C8H17N3O2/c1-3-13-11(8(2)12)10-6-4-9-5-7-10/h9H,3-7H2,1-2H3. The third kappa shape index (κ3) is 2.95. The number of hydroxylamine groups is 1. The summed E-state index contributed by atoms with van der Waals surface area (Å²) in [6.07, 6.45) is 0. The van der Waals surface area contributed by atoms with Crippen LogP contribution in [0.3, 0.4) is 0 Å². The maximum absolute atomic E-state index is 11.2. The Morgan fingerprint density at radius 2 is 2.15 bits per heavy atom. The average molecular weight is 187 g/mol. The van der Waals surface area contributed by atoms with Crippen LogP contribution in [0.25, 0.3) is 0 Å². The summed E-state index contributed by atoms with van der Waals surface area (Å²) in [7, 11) is 0. The zero-order chi connectivity index (χ0) is 9.68. The van der Waals surface area contributed by atoms with Crippen LogP contribution in [0.15, 0.2) is 0 Å². The van der Waals surface area contributed by atoms with Gasteiger partial charge in [-0.05, 0) is 6.92 Å². The van der Waals surface area contributed by atoms with Gasteiger partial charge in [0.2, 0.25) is 0 Å². The number of rotatable bonds is 3. The Morgan fingerprint density at radius 3 is 2.62 bits per heavy atom. The molecule has 76 valence electrons. The second kappa shape index (κ2) is 5.16. The fraction of sp³-hybridized carbons (Fsp3) is 0.875. The minimum absolute atomic E-state index is 0.0660. The Kier molecular flexibility index (Phi) is 4.14. The number of carbonyl (C=O) groups is 1. The molecule has 0 aromatic heterocycles. The molecule has 13 heavy (non-hydrogen) atoms.